The average molecular weight is 311 g/mol. The third kappa shape index (κ3) is 47.0. The topological polar surface area (TPSA) is 180 Å². The van der Waals surface area contributed by atoms with Gasteiger partial charge in [0.1, 0.15) is 0 Å². The summed E-state index contributed by atoms with van der Waals surface area (Å²) in [6.45, 7) is 0. The molecule has 0 bridgehead atoms. The minimum absolute atomic E-state index is 0. The van der Waals surface area contributed by atoms with E-state index in [9.17, 15) is 14.4 Å². The van der Waals surface area contributed by atoms with Gasteiger partial charge >= 0.3 is 17.1 Å². The third-order valence-electron chi connectivity index (χ3n) is 0.681. The van der Waals surface area contributed by atoms with Gasteiger partial charge in [-0.1, -0.05) is 44.6 Å². The molecule has 0 fully saturated rings. The van der Waals surface area contributed by atoms with Gasteiger partial charge in [0.05, 0.1) is 0 Å². The van der Waals surface area contributed by atoms with Crippen LogP contribution < -0.4 is 17.1 Å². The molecule has 1 aromatic heterocycles. The predicted octanol–water partition coefficient (Wildman–Crippen LogP) is 1.37. The standard InChI is InChI=1S/C3H3N3O3.2CHNO.6CH4/c7-1-4-2(8)6-3(9)5-1;2*2-1-3;;;;;;/h(H3,4,5,6,7,8,9);2*2H;6*1H4. The fraction of sp³-hybridized carbons (Fsp3) is 0.545. The summed E-state index contributed by atoms with van der Waals surface area (Å²) in [5, 5.41) is 10.8. The zero-order chi connectivity index (χ0) is 12.3. The highest BCUT2D eigenvalue weighted by molar-refractivity contribution is 5.26. The molecule has 0 saturated carbocycles. The van der Waals surface area contributed by atoms with Crippen molar-refractivity contribution in [1.29, 1.82) is 10.8 Å². The Bertz CT molecular complexity index is 426. The zero-order valence-electron chi connectivity index (χ0n) is 7.04. The van der Waals surface area contributed by atoms with E-state index in [2.05, 4.69) is 0 Å². The quantitative estimate of drug-likeness (QED) is 0.357. The maximum absolute atomic E-state index is 10.2. The van der Waals surface area contributed by atoms with Crippen LogP contribution in [0.3, 0.4) is 0 Å². The minimum Gasteiger partial charge on any atom is -0.259 e. The summed E-state index contributed by atoms with van der Waals surface area (Å²) in [6.07, 6.45) is 1.50. The fourth-order valence-electron chi connectivity index (χ4n) is 0.403. The summed E-state index contributed by atoms with van der Waals surface area (Å²) < 4.78 is 0. The first-order valence-corrected chi connectivity index (χ1v) is 3.02. The molecular weight excluding hydrogens is 282 g/mol. The first-order valence-electron chi connectivity index (χ1n) is 3.02. The van der Waals surface area contributed by atoms with Crippen molar-refractivity contribution in [2.24, 2.45) is 0 Å². The molecule has 0 aliphatic heterocycles. The van der Waals surface area contributed by atoms with Crippen LogP contribution in [0.5, 0.6) is 0 Å². The molecule has 1 heterocycles. The molecule has 1 rings (SSSR count). The van der Waals surface area contributed by atoms with Gasteiger partial charge in [-0.15, -0.1) is 0 Å². The molecule has 10 heteroatoms. The van der Waals surface area contributed by atoms with Crippen molar-refractivity contribution in [3.05, 3.63) is 31.5 Å². The monoisotopic (exact) mass is 311 g/mol. The highest BCUT2D eigenvalue weighted by atomic mass is 16.2. The Balaban J connectivity index is -0.0000000211. The van der Waals surface area contributed by atoms with Crippen molar-refractivity contribution < 1.29 is 9.59 Å². The molecule has 0 amide bonds. The predicted molar refractivity (Wildman–Crippen MR) is 85.5 cm³/mol. The molecule has 0 aliphatic rings. The van der Waals surface area contributed by atoms with Crippen molar-refractivity contribution in [2.45, 2.75) is 44.6 Å². The molecule has 10 nitrogen and oxygen atoms in total. The molecule has 1 aromatic rings. The van der Waals surface area contributed by atoms with Gasteiger partial charge in [0.2, 0.25) is 12.2 Å². The fourth-order valence-corrected chi connectivity index (χ4v) is 0.403. The van der Waals surface area contributed by atoms with Gasteiger partial charge in [0.15, 0.2) is 0 Å². The van der Waals surface area contributed by atoms with Gasteiger partial charge in [0, 0.05) is 0 Å². The summed E-state index contributed by atoms with van der Waals surface area (Å²) >= 11 is 0. The van der Waals surface area contributed by atoms with Crippen molar-refractivity contribution >= 4 is 12.2 Å². The number of aromatic amines is 3. The largest absolute Gasteiger partial charge is 0.330 e. The van der Waals surface area contributed by atoms with E-state index >= 15 is 0 Å². The maximum atomic E-state index is 10.2. The molecule has 0 aromatic carbocycles. The molecule has 0 spiro atoms. The van der Waals surface area contributed by atoms with E-state index in [1.54, 1.807) is 15.0 Å². The number of carbonyl (C=O) groups excluding carboxylic acids is 2. The second kappa shape index (κ2) is 36.0. The molecule has 5 N–H and O–H groups in total. The zero-order valence-corrected chi connectivity index (χ0v) is 7.04. The van der Waals surface area contributed by atoms with Crippen LogP contribution in [0, 0.1) is 10.8 Å². The number of hydrogen-bond acceptors (Lipinski definition) is 7. The van der Waals surface area contributed by atoms with Gasteiger partial charge in [-0.05, 0) is 0 Å². The first-order chi connectivity index (χ1) is 7.01. The lowest BCUT2D eigenvalue weighted by Crippen LogP contribution is -2.34. The van der Waals surface area contributed by atoms with Crippen LogP contribution in [-0.4, -0.2) is 27.1 Å². The lowest BCUT2D eigenvalue weighted by Gasteiger charge is -1.77. The molecule has 128 valence electrons. The maximum Gasteiger partial charge on any atom is 0.330 e. The van der Waals surface area contributed by atoms with Crippen molar-refractivity contribution in [3.63, 3.8) is 0 Å². The number of H-pyrrole nitrogens is 3. The third-order valence-corrected chi connectivity index (χ3v) is 0.681. The van der Waals surface area contributed by atoms with Crippen LogP contribution in [0.2, 0.25) is 0 Å². The Morgan fingerprint density at radius 2 is 0.667 bits per heavy atom. The van der Waals surface area contributed by atoms with Crippen molar-refractivity contribution in [2.75, 3.05) is 0 Å². The first kappa shape index (κ1) is 51.8. The van der Waals surface area contributed by atoms with Crippen molar-refractivity contribution in [3.8, 4) is 0 Å². The molecule has 21 heavy (non-hydrogen) atoms. The SMILES string of the molecule is C.C.C.C.C.C.N=C=O.N=C=O.O=c1[nH]c(=O)[nH]c(=O)[nH]1. The molecule has 0 atom stereocenters. The molecule has 0 aliphatic carbocycles. The lowest BCUT2D eigenvalue weighted by atomic mass is 11.0. The van der Waals surface area contributed by atoms with Gasteiger partial charge in [0.25, 0.3) is 0 Å². The summed E-state index contributed by atoms with van der Waals surface area (Å²) in [5.41, 5.74) is -2.41. The van der Waals surface area contributed by atoms with Crippen LogP contribution in [0.1, 0.15) is 44.6 Å². The average Bonchev–Trinajstić information content (AvgIpc) is 2.03. The van der Waals surface area contributed by atoms with Gasteiger partial charge < -0.3 is 0 Å². The highest BCUT2D eigenvalue weighted by Gasteiger charge is 1.84. The lowest BCUT2D eigenvalue weighted by molar-refractivity contribution is 0.562. The number of nitrogens with one attached hydrogen (secondary N) is 5. The molecule has 0 saturated heterocycles. The summed E-state index contributed by atoms with van der Waals surface area (Å²) in [5.74, 6) is 0. The number of rotatable bonds is 0. The minimum atomic E-state index is -0.802. The Labute approximate surface area is 124 Å². The summed E-state index contributed by atoms with van der Waals surface area (Å²) in [6, 6.07) is 0. The van der Waals surface area contributed by atoms with Crippen LogP contribution in [-0.2, 0) is 9.59 Å². The van der Waals surface area contributed by atoms with E-state index in [0.29, 0.717) is 0 Å². The van der Waals surface area contributed by atoms with E-state index in [0.717, 1.165) is 12.2 Å². The van der Waals surface area contributed by atoms with Gasteiger partial charge in [-0.3, -0.25) is 15.0 Å². The van der Waals surface area contributed by atoms with Crippen LogP contribution >= 0.6 is 0 Å². The summed E-state index contributed by atoms with van der Waals surface area (Å²) in [7, 11) is 0. The normalized spacial score (nSPS) is 4.76. The number of hydrogen-bond donors (Lipinski definition) is 5. The number of aromatic nitrogens is 3. The van der Waals surface area contributed by atoms with E-state index in [-0.39, 0.29) is 44.6 Å². The molecule has 0 unspecified atom stereocenters. The van der Waals surface area contributed by atoms with Crippen LogP contribution in [0.25, 0.3) is 0 Å². The Hall–Kier alpha value is -2.83. The van der Waals surface area contributed by atoms with Gasteiger partial charge in [-0.25, -0.2) is 34.8 Å². The van der Waals surface area contributed by atoms with E-state index < -0.39 is 17.1 Å². The molecule has 0 radical (unpaired) electrons. The van der Waals surface area contributed by atoms with E-state index in [1.165, 1.54) is 0 Å². The Kier molecular flexibility index (Phi) is 88.7. The van der Waals surface area contributed by atoms with E-state index in [4.69, 9.17) is 20.4 Å². The van der Waals surface area contributed by atoms with E-state index in [1.807, 2.05) is 0 Å². The Morgan fingerprint density at radius 3 is 0.762 bits per heavy atom. The second-order valence-corrected chi connectivity index (χ2v) is 1.57. The Morgan fingerprint density at radius 1 is 0.571 bits per heavy atom. The summed E-state index contributed by atoms with van der Waals surface area (Å²) in [4.78, 5) is 52.6. The number of isocyanates is 2. The smallest absolute Gasteiger partial charge is 0.259 e. The second-order valence-electron chi connectivity index (χ2n) is 1.57. The van der Waals surface area contributed by atoms with Crippen molar-refractivity contribution in [1.82, 2.24) is 15.0 Å². The van der Waals surface area contributed by atoms with Crippen LogP contribution in [0.4, 0.5) is 0 Å². The van der Waals surface area contributed by atoms with Crippen LogP contribution in [0.15, 0.2) is 14.4 Å². The highest BCUT2D eigenvalue weighted by Crippen LogP contribution is 1.29. The van der Waals surface area contributed by atoms with Gasteiger partial charge in [-0.2, -0.15) is 0 Å². The molecular formula is C11H29N5O5.